The first-order chi connectivity index (χ1) is 9.05. The minimum Gasteiger partial charge on any atom is -0.314 e. The molecule has 5 heteroatoms. The average Bonchev–Trinajstić information content (AvgIpc) is 2.94. The molecule has 0 radical (unpaired) electrons. The standard InChI is InChI=1S/C14H28N2O2S/c1-3-15-12-8-10-13(11-9-12)16(2)19(17,18)14-6-4-5-7-14/h12-15H,3-11H2,1-2H3. The van der Waals surface area contributed by atoms with Gasteiger partial charge < -0.3 is 5.32 Å². The maximum atomic E-state index is 12.5. The van der Waals surface area contributed by atoms with Gasteiger partial charge >= 0.3 is 0 Å². The van der Waals surface area contributed by atoms with E-state index in [0.717, 1.165) is 57.9 Å². The molecule has 0 aromatic heterocycles. The van der Waals surface area contributed by atoms with Crippen molar-refractivity contribution in [2.24, 2.45) is 0 Å². The number of nitrogens with one attached hydrogen (secondary N) is 1. The van der Waals surface area contributed by atoms with Crippen LogP contribution in [0.4, 0.5) is 0 Å². The molecule has 2 aliphatic carbocycles. The summed E-state index contributed by atoms with van der Waals surface area (Å²) in [6, 6.07) is 0.810. The van der Waals surface area contributed by atoms with Gasteiger partial charge in [0.05, 0.1) is 5.25 Å². The molecule has 0 aliphatic heterocycles. The number of nitrogens with zero attached hydrogens (tertiary/aromatic N) is 1. The van der Waals surface area contributed by atoms with Crippen molar-refractivity contribution in [3.8, 4) is 0 Å². The molecule has 0 spiro atoms. The van der Waals surface area contributed by atoms with E-state index in [9.17, 15) is 8.42 Å². The molecule has 0 aromatic rings. The van der Waals surface area contributed by atoms with Crippen LogP contribution in [0.5, 0.6) is 0 Å². The highest BCUT2D eigenvalue weighted by atomic mass is 32.2. The summed E-state index contributed by atoms with van der Waals surface area (Å²) in [6.45, 7) is 3.13. The fourth-order valence-corrected chi connectivity index (χ4v) is 5.59. The van der Waals surface area contributed by atoms with E-state index in [-0.39, 0.29) is 11.3 Å². The zero-order chi connectivity index (χ0) is 13.9. The van der Waals surface area contributed by atoms with E-state index in [4.69, 9.17) is 0 Å². The number of sulfonamides is 1. The largest absolute Gasteiger partial charge is 0.314 e. The second-order valence-corrected chi connectivity index (χ2v) is 8.30. The summed E-state index contributed by atoms with van der Waals surface area (Å²) in [4.78, 5) is 0. The van der Waals surface area contributed by atoms with Crippen molar-refractivity contribution < 1.29 is 8.42 Å². The van der Waals surface area contributed by atoms with Gasteiger partial charge in [-0.1, -0.05) is 19.8 Å². The lowest BCUT2D eigenvalue weighted by Gasteiger charge is -2.35. The Balaban J connectivity index is 1.91. The third-order valence-corrected chi connectivity index (χ3v) is 7.24. The van der Waals surface area contributed by atoms with Crippen LogP contribution in [0.1, 0.15) is 58.3 Å². The Hall–Kier alpha value is -0.130. The van der Waals surface area contributed by atoms with Crippen LogP contribution in [0, 0.1) is 0 Å². The van der Waals surface area contributed by atoms with Crippen LogP contribution in [0.15, 0.2) is 0 Å². The van der Waals surface area contributed by atoms with Gasteiger partial charge in [0, 0.05) is 19.1 Å². The maximum Gasteiger partial charge on any atom is 0.216 e. The smallest absolute Gasteiger partial charge is 0.216 e. The molecule has 1 N–H and O–H groups in total. The van der Waals surface area contributed by atoms with Crippen molar-refractivity contribution in [3.63, 3.8) is 0 Å². The third-order valence-electron chi connectivity index (χ3n) is 4.83. The molecule has 4 nitrogen and oxygen atoms in total. The molecule has 0 heterocycles. The monoisotopic (exact) mass is 288 g/mol. The summed E-state index contributed by atoms with van der Waals surface area (Å²) in [5.74, 6) is 0. The lowest BCUT2D eigenvalue weighted by molar-refractivity contribution is 0.249. The van der Waals surface area contributed by atoms with Crippen molar-refractivity contribution in [2.75, 3.05) is 13.6 Å². The first kappa shape index (κ1) is 15.3. The Morgan fingerprint density at radius 1 is 1.05 bits per heavy atom. The molecular weight excluding hydrogens is 260 g/mol. The molecular formula is C14H28N2O2S. The Labute approximate surface area is 118 Å². The summed E-state index contributed by atoms with van der Waals surface area (Å²) in [6.07, 6.45) is 8.07. The van der Waals surface area contributed by atoms with Crippen LogP contribution in [-0.2, 0) is 10.0 Å². The van der Waals surface area contributed by atoms with Crippen LogP contribution >= 0.6 is 0 Å². The highest BCUT2D eigenvalue weighted by molar-refractivity contribution is 7.89. The van der Waals surface area contributed by atoms with Crippen molar-refractivity contribution in [1.29, 1.82) is 0 Å². The SMILES string of the molecule is CCNC1CCC(N(C)S(=O)(=O)C2CCCC2)CC1. The van der Waals surface area contributed by atoms with Gasteiger partial charge in [0.1, 0.15) is 0 Å². The molecule has 2 rings (SSSR count). The van der Waals surface area contributed by atoms with Crippen molar-refractivity contribution in [3.05, 3.63) is 0 Å². The Morgan fingerprint density at radius 2 is 1.63 bits per heavy atom. The number of rotatable bonds is 5. The Kier molecular flexibility index (Phi) is 5.26. The van der Waals surface area contributed by atoms with E-state index in [0.29, 0.717) is 6.04 Å². The minimum absolute atomic E-state index is 0.107. The highest BCUT2D eigenvalue weighted by Gasteiger charge is 2.36. The van der Waals surface area contributed by atoms with Gasteiger partial charge in [-0.05, 0) is 45.1 Å². The molecule has 2 aliphatic rings. The van der Waals surface area contributed by atoms with E-state index in [1.165, 1.54) is 0 Å². The zero-order valence-electron chi connectivity index (χ0n) is 12.3. The first-order valence-electron chi connectivity index (χ1n) is 7.76. The number of hydrogen-bond donors (Lipinski definition) is 1. The second-order valence-electron chi connectivity index (χ2n) is 6.03. The summed E-state index contributed by atoms with van der Waals surface area (Å²) in [7, 11) is -1.26. The van der Waals surface area contributed by atoms with E-state index in [1.807, 2.05) is 0 Å². The van der Waals surface area contributed by atoms with Gasteiger partial charge in [-0.15, -0.1) is 0 Å². The van der Waals surface area contributed by atoms with Crippen LogP contribution < -0.4 is 5.32 Å². The van der Waals surface area contributed by atoms with Gasteiger partial charge in [-0.2, -0.15) is 0 Å². The highest BCUT2D eigenvalue weighted by Crippen LogP contribution is 2.30. The second kappa shape index (κ2) is 6.55. The molecule has 19 heavy (non-hydrogen) atoms. The maximum absolute atomic E-state index is 12.5. The molecule has 112 valence electrons. The molecule has 0 unspecified atom stereocenters. The summed E-state index contributed by atoms with van der Waals surface area (Å²) >= 11 is 0. The zero-order valence-corrected chi connectivity index (χ0v) is 13.1. The van der Waals surface area contributed by atoms with Gasteiger partial charge in [-0.3, -0.25) is 0 Å². The molecule has 2 fully saturated rings. The molecule has 0 atom stereocenters. The molecule has 0 amide bonds. The molecule has 0 saturated heterocycles. The van der Waals surface area contributed by atoms with Crippen molar-refractivity contribution in [2.45, 2.75) is 75.6 Å². The van der Waals surface area contributed by atoms with Gasteiger partial charge in [0.25, 0.3) is 0 Å². The van der Waals surface area contributed by atoms with Crippen LogP contribution in [0.3, 0.4) is 0 Å². The van der Waals surface area contributed by atoms with Crippen LogP contribution in [-0.4, -0.2) is 43.6 Å². The minimum atomic E-state index is -3.06. The molecule has 0 bridgehead atoms. The molecule has 2 saturated carbocycles. The predicted octanol–water partition coefficient (Wildman–Crippen LogP) is 2.11. The topological polar surface area (TPSA) is 49.4 Å². The van der Waals surface area contributed by atoms with Crippen molar-refractivity contribution in [1.82, 2.24) is 9.62 Å². The lowest BCUT2D eigenvalue weighted by atomic mass is 9.91. The summed E-state index contributed by atoms with van der Waals surface area (Å²) in [5.41, 5.74) is 0. The van der Waals surface area contributed by atoms with E-state index >= 15 is 0 Å². The molecule has 0 aromatic carbocycles. The predicted molar refractivity (Wildman–Crippen MR) is 78.7 cm³/mol. The fourth-order valence-electron chi connectivity index (χ4n) is 3.56. The summed E-state index contributed by atoms with van der Waals surface area (Å²) < 4.78 is 26.8. The normalized spacial score (nSPS) is 30.1. The quantitative estimate of drug-likeness (QED) is 0.843. The fraction of sp³-hybridized carbons (Fsp3) is 1.00. The van der Waals surface area contributed by atoms with Gasteiger partial charge in [0.15, 0.2) is 0 Å². The summed E-state index contributed by atoms with van der Waals surface area (Å²) in [5, 5.41) is 3.36. The van der Waals surface area contributed by atoms with Crippen LogP contribution in [0.25, 0.3) is 0 Å². The average molecular weight is 288 g/mol. The van der Waals surface area contributed by atoms with Gasteiger partial charge in [-0.25, -0.2) is 12.7 Å². The van der Waals surface area contributed by atoms with Crippen molar-refractivity contribution >= 4 is 10.0 Å². The Bertz CT molecular complexity index is 369. The number of hydrogen-bond acceptors (Lipinski definition) is 3. The van der Waals surface area contributed by atoms with E-state index in [1.54, 1.807) is 11.4 Å². The van der Waals surface area contributed by atoms with Gasteiger partial charge in [0.2, 0.25) is 10.0 Å². The Morgan fingerprint density at radius 3 is 2.16 bits per heavy atom. The van der Waals surface area contributed by atoms with E-state index < -0.39 is 10.0 Å². The van der Waals surface area contributed by atoms with Crippen LogP contribution in [0.2, 0.25) is 0 Å². The third kappa shape index (κ3) is 3.50. The van der Waals surface area contributed by atoms with E-state index in [2.05, 4.69) is 12.2 Å². The first-order valence-corrected chi connectivity index (χ1v) is 9.26. The lowest BCUT2D eigenvalue weighted by Crippen LogP contribution is -2.45.